The highest BCUT2D eigenvalue weighted by atomic mass is 16.6. The van der Waals surface area contributed by atoms with Crippen molar-refractivity contribution in [2.24, 2.45) is 58.2 Å². The number of hydrogen-bond donors (Lipinski definition) is 1. The standard InChI is InChI=1S/C15H22O2.C14H20O3.C14H22O2.C12H22O2.C10H18O2/c1-9(2)14(16)17-15(3)12-5-10-4-11(7-12)8-13(15)6-10;1-9(2)12(15)17-14-6-10-3-11(7-14)5-13(16,4-10)8-14;1-9(2)12(15)16-11-8-10-6-7-14(11,5)13(10,3)4;1-10(2)8-6-5-7-9-14-12(13)11(3)4;1-4-5-6-7-8-12-10(11)9(2)3/h10-13H,1,4-8H2,2-3H3;10-11,16H,1,3-8H2,2H3;10-11H,1,6-8H2,2-5H3;10H,3,5-9H2,1-2,4H3;2,4-8H2,1,3H3. The molecule has 10 aliphatic carbocycles. The normalized spacial score (nSPS) is 32.8. The molecule has 0 radical (unpaired) electrons. The third kappa shape index (κ3) is 17.3. The van der Waals surface area contributed by atoms with Gasteiger partial charge in [0.25, 0.3) is 0 Å². The molecule has 11 nitrogen and oxygen atoms in total. The molecule has 1 N–H and O–H groups in total. The Labute approximate surface area is 460 Å². The van der Waals surface area contributed by atoms with Crippen molar-refractivity contribution in [3.05, 3.63) is 60.8 Å². The molecule has 5 atom stereocenters. The fourth-order valence-electron chi connectivity index (χ4n) is 14.6. The van der Waals surface area contributed by atoms with Gasteiger partial charge in [-0.3, -0.25) is 0 Å². The van der Waals surface area contributed by atoms with Crippen molar-refractivity contribution < 1.29 is 52.8 Å². The van der Waals surface area contributed by atoms with Gasteiger partial charge in [0.05, 0.1) is 18.8 Å². The average molecular weight is 1060 g/mol. The van der Waals surface area contributed by atoms with Gasteiger partial charge >= 0.3 is 29.8 Å². The Hall–Kier alpha value is -3.99. The monoisotopic (exact) mass is 1060 g/mol. The van der Waals surface area contributed by atoms with E-state index < -0.39 is 11.2 Å². The van der Waals surface area contributed by atoms with Gasteiger partial charge in [-0.15, -0.1) is 0 Å². The molecule has 10 fully saturated rings. The van der Waals surface area contributed by atoms with E-state index in [0.717, 1.165) is 75.5 Å². The zero-order chi connectivity index (χ0) is 57.0. The Balaban J connectivity index is 0.000000207. The molecule has 11 heteroatoms. The molecule has 76 heavy (non-hydrogen) atoms. The van der Waals surface area contributed by atoms with Crippen LogP contribution in [0.15, 0.2) is 60.8 Å². The predicted molar refractivity (Wildman–Crippen MR) is 303 cm³/mol. The van der Waals surface area contributed by atoms with Gasteiger partial charge in [0.15, 0.2) is 0 Å². The molecule has 0 aromatic rings. The van der Waals surface area contributed by atoms with Crippen molar-refractivity contribution in [3.8, 4) is 0 Å². The van der Waals surface area contributed by atoms with E-state index >= 15 is 0 Å². The van der Waals surface area contributed by atoms with Gasteiger partial charge in [-0.1, -0.05) is 113 Å². The molecule has 0 saturated heterocycles. The first-order chi connectivity index (χ1) is 35.4. The molecule has 430 valence electrons. The maximum absolute atomic E-state index is 11.8. The summed E-state index contributed by atoms with van der Waals surface area (Å²) in [4.78, 5) is 57.0. The van der Waals surface area contributed by atoms with Gasteiger partial charge in [0.1, 0.15) is 17.3 Å². The Morgan fingerprint density at radius 2 is 0.987 bits per heavy atom. The highest BCUT2D eigenvalue weighted by molar-refractivity contribution is 5.88. The van der Waals surface area contributed by atoms with Crippen LogP contribution in [0.3, 0.4) is 0 Å². The lowest BCUT2D eigenvalue weighted by Crippen LogP contribution is -2.60. The summed E-state index contributed by atoms with van der Waals surface area (Å²) in [5, 5.41) is 10.5. The molecular formula is C65H104O11. The van der Waals surface area contributed by atoms with Crippen LogP contribution in [0.25, 0.3) is 0 Å². The van der Waals surface area contributed by atoms with E-state index in [1.807, 2.05) is 0 Å². The zero-order valence-electron chi connectivity index (χ0n) is 49.7. The number of unbranched alkanes of at least 4 members (excludes halogenated alkanes) is 5. The van der Waals surface area contributed by atoms with Crippen LogP contribution in [-0.2, 0) is 47.7 Å². The van der Waals surface area contributed by atoms with Crippen LogP contribution in [-0.4, -0.2) is 71.1 Å². The van der Waals surface area contributed by atoms with Gasteiger partial charge in [-0.25, -0.2) is 24.0 Å². The maximum Gasteiger partial charge on any atom is 0.333 e. The van der Waals surface area contributed by atoms with Crippen LogP contribution in [0.2, 0.25) is 0 Å². The summed E-state index contributed by atoms with van der Waals surface area (Å²) >= 11 is 0. The molecule has 0 amide bonds. The van der Waals surface area contributed by atoms with E-state index in [4.69, 9.17) is 23.7 Å². The van der Waals surface area contributed by atoms with Gasteiger partial charge in [0.2, 0.25) is 0 Å². The van der Waals surface area contributed by atoms with Crippen LogP contribution in [0.5, 0.6) is 0 Å². The molecular weight excluding hydrogens is 957 g/mol. The summed E-state index contributed by atoms with van der Waals surface area (Å²) in [6.45, 7) is 43.2. The minimum absolute atomic E-state index is 0.0884. The highest BCUT2D eigenvalue weighted by Crippen LogP contribution is 2.66. The average Bonchev–Trinajstić information content (AvgIpc) is 3.65. The molecule has 10 saturated carbocycles. The van der Waals surface area contributed by atoms with E-state index in [2.05, 4.69) is 81.4 Å². The van der Waals surface area contributed by atoms with Crippen molar-refractivity contribution in [3.63, 3.8) is 0 Å². The van der Waals surface area contributed by atoms with E-state index in [1.165, 1.54) is 77.0 Å². The molecule has 0 spiro atoms. The molecule has 10 bridgehead atoms. The van der Waals surface area contributed by atoms with E-state index in [0.29, 0.717) is 82.5 Å². The molecule has 5 unspecified atom stereocenters. The summed E-state index contributed by atoms with van der Waals surface area (Å²) in [6.07, 6.45) is 24.7. The summed E-state index contributed by atoms with van der Waals surface area (Å²) < 4.78 is 27.0. The van der Waals surface area contributed by atoms with Crippen molar-refractivity contribution in [1.82, 2.24) is 0 Å². The van der Waals surface area contributed by atoms with Crippen molar-refractivity contribution in [2.45, 2.75) is 247 Å². The van der Waals surface area contributed by atoms with E-state index in [-0.39, 0.29) is 47.0 Å². The summed E-state index contributed by atoms with van der Waals surface area (Å²) in [6, 6.07) is 0. The number of fused-ring (bicyclic) bond motifs is 2. The molecule has 10 rings (SSSR count). The minimum atomic E-state index is -0.570. The number of hydrogen-bond acceptors (Lipinski definition) is 11. The van der Waals surface area contributed by atoms with Crippen LogP contribution in [0, 0.1) is 58.2 Å². The number of ether oxygens (including phenoxy) is 5. The number of carbonyl (C=O) groups excluding carboxylic acids is 5. The molecule has 0 heterocycles. The molecule has 0 aromatic heterocycles. The van der Waals surface area contributed by atoms with Crippen LogP contribution in [0.1, 0.15) is 224 Å². The lowest BCUT2D eigenvalue weighted by Gasteiger charge is -2.59. The quantitative estimate of drug-likeness (QED) is 0.0569. The second kappa shape index (κ2) is 27.7. The van der Waals surface area contributed by atoms with Crippen LogP contribution < -0.4 is 0 Å². The van der Waals surface area contributed by atoms with Crippen molar-refractivity contribution >= 4 is 29.8 Å². The predicted octanol–water partition coefficient (Wildman–Crippen LogP) is 14.8. The van der Waals surface area contributed by atoms with Crippen LogP contribution in [0.4, 0.5) is 0 Å². The zero-order valence-corrected chi connectivity index (χ0v) is 49.7. The number of rotatable bonds is 19. The Morgan fingerprint density at radius 3 is 1.38 bits per heavy atom. The van der Waals surface area contributed by atoms with Crippen LogP contribution >= 0.6 is 0 Å². The smallest absolute Gasteiger partial charge is 0.333 e. The first-order valence-corrected chi connectivity index (χ1v) is 29.4. The Kier molecular flexibility index (Phi) is 23.6. The topological polar surface area (TPSA) is 152 Å². The Bertz CT molecular complexity index is 2050. The number of carbonyl (C=O) groups is 5. The van der Waals surface area contributed by atoms with E-state index in [1.54, 1.807) is 34.6 Å². The third-order valence-corrected chi connectivity index (χ3v) is 19.0. The third-order valence-electron chi connectivity index (χ3n) is 19.0. The Morgan fingerprint density at radius 1 is 0.539 bits per heavy atom. The van der Waals surface area contributed by atoms with Crippen molar-refractivity contribution in [1.29, 1.82) is 0 Å². The van der Waals surface area contributed by atoms with E-state index in [9.17, 15) is 29.1 Å². The molecule has 10 aliphatic rings. The molecule has 0 aromatic carbocycles. The number of esters is 5. The first kappa shape index (κ1) is 64.5. The second-order valence-corrected chi connectivity index (χ2v) is 26.6. The SMILES string of the molecule is C=C(C)C(=O)OC1(C)C2CC3CC(C2)CC1C3.C=C(C)C(=O)OC12CC3CC(CC(O)(C3)C1)C2.C=C(C)C(=O)OC1CC2CCC1(C)C2(C)C.C=C(C)C(=O)OCCCCCC.C=C(C)C(=O)OCCCCCC(C)C. The number of aliphatic hydroxyl groups is 1. The van der Waals surface area contributed by atoms with Gasteiger partial charge in [-0.2, -0.15) is 0 Å². The lowest BCUT2D eigenvalue weighted by molar-refractivity contribution is -0.217. The highest BCUT2D eigenvalue weighted by Gasteiger charge is 2.63. The first-order valence-electron chi connectivity index (χ1n) is 29.4. The van der Waals surface area contributed by atoms with Gasteiger partial charge < -0.3 is 28.8 Å². The lowest BCUT2D eigenvalue weighted by atomic mass is 9.50. The summed E-state index contributed by atoms with van der Waals surface area (Å²) in [5.74, 6) is 4.32. The molecule has 0 aliphatic heterocycles. The van der Waals surface area contributed by atoms with Gasteiger partial charge in [0, 0.05) is 39.7 Å². The fourth-order valence-corrected chi connectivity index (χ4v) is 14.6. The minimum Gasteiger partial charge on any atom is -0.462 e. The van der Waals surface area contributed by atoms with Gasteiger partial charge in [-0.05, 0) is 191 Å². The summed E-state index contributed by atoms with van der Waals surface area (Å²) in [7, 11) is 0. The summed E-state index contributed by atoms with van der Waals surface area (Å²) in [5.41, 5.74) is 1.72. The fraction of sp³-hybridized carbons (Fsp3) is 0.769. The largest absolute Gasteiger partial charge is 0.462 e. The second-order valence-electron chi connectivity index (χ2n) is 26.6. The van der Waals surface area contributed by atoms with Crippen molar-refractivity contribution in [2.75, 3.05) is 13.2 Å². The maximum atomic E-state index is 11.8.